The second kappa shape index (κ2) is 13.9. The van der Waals surface area contributed by atoms with Crippen LogP contribution < -0.4 is 24.8 Å². The zero-order valence-corrected chi connectivity index (χ0v) is 24.9. The average molecular weight is 574 g/mol. The summed E-state index contributed by atoms with van der Waals surface area (Å²) >= 11 is 0. The number of nitrogens with one attached hydrogen (secondary N) is 2. The molecule has 0 aliphatic carbocycles. The summed E-state index contributed by atoms with van der Waals surface area (Å²) < 4.78 is 16.3. The number of rotatable bonds is 10. The molecule has 1 fully saturated rings. The Bertz CT molecular complexity index is 1460. The van der Waals surface area contributed by atoms with Crippen molar-refractivity contribution in [3.05, 3.63) is 77.4 Å². The van der Waals surface area contributed by atoms with E-state index in [1.54, 1.807) is 37.1 Å². The molecule has 1 heterocycles. The first-order valence-corrected chi connectivity index (χ1v) is 14.1. The van der Waals surface area contributed by atoms with Crippen molar-refractivity contribution in [2.45, 2.75) is 44.7 Å². The molecule has 0 bridgehead atoms. The summed E-state index contributed by atoms with van der Waals surface area (Å²) in [7, 11) is 6.21. The summed E-state index contributed by atoms with van der Waals surface area (Å²) in [5, 5.41) is 7.93. The predicted molar refractivity (Wildman–Crippen MR) is 162 cm³/mol. The highest BCUT2D eigenvalue weighted by atomic mass is 16.5. The highest BCUT2D eigenvalue weighted by Crippen LogP contribution is 2.38. The molecule has 2 N–H and O–H groups in total. The number of hydrogen-bond acceptors (Lipinski definition) is 6. The minimum Gasteiger partial charge on any atom is -0.493 e. The number of amides is 3. The van der Waals surface area contributed by atoms with Crippen molar-refractivity contribution in [1.29, 1.82) is 0 Å². The monoisotopic (exact) mass is 573 g/mol. The molecule has 1 aliphatic heterocycles. The van der Waals surface area contributed by atoms with Crippen LogP contribution in [0.3, 0.4) is 0 Å². The van der Waals surface area contributed by atoms with Gasteiger partial charge in [-0.2, -0.15) is 0 Å². The van der Waals surface area contributed by atoms with Gasteiger partial charge in [-0.3, -0.25) is 14.4 Å². The molecular formula is C33H39N3O6. The second-order valence-corrected chi connectivity index (χ2v) is 10.4. The highest BCUT2D eigenvalue weighted by Gasteiger charge is 2.26. The van der Waals surface area contributed by atoms with Crippen LogP contribution in [0.2, 0.25) is 0 Å². The van der Waals surface area contributed by atoms with Gasteiger partial charge in [0.1, 0.15) is 6.04 Å². The van der Waals surface area contributed by atoms with E-state index >= 15 is 0 Å². The van der Waals surface area contributed by atoms with Gasteiger partial charge >= 0.3 is 0 Å². The SMILES string of the molecule is COc1cc(C(=O)N(C)[C@@H](/C=C(\C)C(=O)N[C@@H]2CCCCNC2=O)Cc2ccc3ccccc3c2)cc(OC)c1OC. The molecule has 1 saturated heterocycles. The van der Waals surface area contributed by atoms with E-state index in [1.165, 1.54) is 21.3 Å². The van der Waals surface area contributed by atoms with Crippen LogP contribution >= 0.6 is 0 Å². The smallest absolute Gasteiger partial charge is 0.254 e. The molecule has 222 valence electrons. The van der Waals surface area contributed by atoms with E-state index in [0.29, 0.717) is 47.8 Å². The molecule has 9 nitrogen and oxygen atoms in total. The third kappa shape index (κ3) is 7.02. The van der Waals surface area contributed by atoms with Crippen molar-refractivity contribution in [3.63, 3.8) is 0 Å². The Morgan fingerprint density at radius 2 is 1.69 bits per heavy atom. The summed E-state index contributed by atoms with van der Waals surface area (Å²) in [5.41, 5.74) is 1.78. The minimum absolute atomic E-state index is 0.170. The van der Waals surface area contributed by atoms with Gasteiger partial charge in [-0.15, -0.1) is 0 Å². The van der Waals surface area contributed by atoms with Crippen LogP contribution in [0.4, 0.5) is 0 Å². The van der Waals surface area contributed by atoms with Gasteiger partial charge < -0.3 is 29.7 Å². The van der Waals surface area contributed by atoms with Crippen LogP contribution in [-0.4, -0.2) is 69.6 Å². The van der Waals surface area contributed by atoms with E-state index in [-0.39, 0.29) is 17.7 Å². The van der Waals surface area contributed by atoms with Gasteiger partial charge in [0.25, 0.3) is 5.91 Å². The predicted octanol–water partition coefficient (Wildman–Crippen LogP) is 4.28. The third-order valence-corrected chi connectivity index (χ3v) is 7.63. The van der Waals surface area contributed by atoms with Gasteiger partial charge in [-0.05, 0) is 61.1 Å². The topological polar surface area (TPSA) is 106 Å². The maximum absolute atomic E-state index is 13.9. The normalized spacial score (nSPS) is 16.2. The number of benzene rings is 3. The van der Waals surface area contributed by atoms with Crippen molar-refractivity contribution < 1.29 is 28.6 Å². The number of carbonyl (C=O) groups excluding carboxylic acids is 3. The number of ether oxygens (including phenoxy) is 3. The molecule has 3 amide bonds. The zero-order valence-electron chi connectivity index (χ0n) is 24.9. The quantitative estimate of drug-likeness (QED) is 0.351. The molecule has 3 aromatic carbocycles. The molecule has 9 heteroatoms. The lowest BCUT2D eigenvalue weighted by molar-refractivity contribution is -0.127. The summed E-state index contributed by atoms with van der Waals surface area (Å²) in [4.78, 5) is 41.1. The molecular weight excluding hydrogens is 534 g/mol. The van der Waals surface area contributed by atoms with E-state index in [4.69, 9.17) is 14.2 Å². The fraction of sp³-hybridized carbons (Fsp3) is 0.364. The van der Waals surface area contributed by atoms with Crippen LogP contribution in [0.5, 0.6) is 17.2 Å². The Morgan fingerprint density at radius 3 is 2.36 bits per heavy atom. The molecule has 42 heavy (non-hydrogen) atoms. The fourth-order valence-electron chi connectivity index (χ4n) is 5.19. The molecule has 0 saturated carbocycles. The molecule has 0 radical (unpaired) electrons. The van der Waals surface area contributed by atoms with E-state index in [9.17, 15) is 14.4 Å². The average Bonchev–Trinajstić information content (AvgIpc) is 3.22. The van der Waals surface area contributed by atoms with Crippen molar-refractivity contribution in [2.24, 2.45) is 0 Å². The summed E-state index contributed by atoms with van der Waals surface area (Å²) in [5.74, 6) is 0.333. The van der Waals surface area contributed by atoms with Crippen LogP contribution in [0.25, 0.3) is 10.8 Å². The van der Waals surface area contributed by atoms with Crippen LogP contribution in [0.1, 0.15) is 42.1 Å². The van der Waals surface area contributed by atoms with E-state index in [2.05, 4.69) is 28.8 Å². The molecule has 0 spiro atoms. The molecule has 2 atom stereocenters. The molecule has 0 aromatic heterocycles. The number of carbonyl (C=O) groups is 3. The minimum atomic E-state index is -0.583. The lowest BCUT2D eigenvalue weighted by Crippen LogP contribution is -2.46. The van der Waals surface area contributed by atoms with E-state index < -0.39 is 12.1 Å². The first-order valence-electron chi connectivity index (χ1n) is 14.1. The summed E-state index contributed by atoms with van der Waals surface area (Å²) in [6.45, 7) is 2.32. The number of methoxy groups -OCH3 is 3. The Kier molecular flexibility index (Phi) is 10.1. The number of likely N-dealkylation sites (N-methyl/N-ethyl adjacent to an activating group) is 1. The zero-order chi connectivity index (χ0) is 30.2. The second-order valence-electron chi connectivity index (χ2n) is 10.4. The van der Waals surface area contributed by atoms with Crippen molar-refractivity contribution >= 4 is 28.5 Å². The molecule has 0 unspecified atom stereocenters. The van der Waals surface area contributed by atoms with Crippen LogP contribution in [0, 0.1) is 0 Å². The number of fused-ring (bicyclic) bond motifs is 1. The van der Waals surface area contributed by atoms with Crippen molar-refractivity contribution in [3.8, 4) is 17.2 Å². The number of nitrogens with zero attached hydrogens (tertiary/aromatic N) is 1. The maximum atomic E-state index is 13.9. The third-order valence-electron chi connectivity index (χ3n) is 7.63. The first kappa shape index (κ1) is 30.4. The van der Waals surface area contributed by atoms with Gasteiger partial charge in [0.15, 0.2) is 11.5 Å². The largest absolute Gasteiger partial charge is 0.493 e. The maximum Gasteiger partial charge on any atom is 0.254 e. The lowest BCUT2D eigenvalue weighted by Gasteiger charge is -2.28. The Morgan fingerprint density at radius 1 is 1.00 bits per heavy atom. The van der Waals surface area contributed by atoms with Gasteiger partial charge in [0.05, 0.1) is 27.4 Å². The summed E-state index contributed by atoms with van der Waals surface area (Å²) in [6, 6.07) is 16.4. The fourth-order valence-corrected chi connectivity index (χ4v) is 5.19. The van der Waals surface area contributed by atoms with Crippen molar-refractivity contribution in [1.82, 2.24) is 15.5 Å². The van der Waals surface area contributed by atoms with E-state index in [1.807, 2.05) is 24.3 Å². The van der Waals surface area contributed by atoms with Gasteiger partial charge in [-0.1, -0.05) is 48.5 Å². The van der Waals surface area contributed by atoms with Gasteiger partial charge in [-0.25, -0.2) is 0 Å². The van der Waals surface area contributed by atoms with Crippen LogP contribution in [-0.2, 0) is 16.0 Å². The Labute approximate surface area is 246 Å². The van der Waals surface area contributed by atoms with Crippen molar-refractivity contribution in [2.75, 3.05) is 34.9 Å². The molecule has 4 rings (SSSR count). The molecule has 1 aliphatic rings. The Hall–Kier alpha value is -4.53. The van der Waals surface area contributed by atoms with Crippen LogP contribution in [0.15, 0.2) is 66.2 Å². The lowest BCUT2D eigenvalue weighted by atomic mass is 9.98. The Balaban J connectivity index is 1.66. The van der Waals surface area contributed by atoms with Gasteiger partial charge in [0.2, 0.25) is 17.6 Å². The van der Waals surface area contributed by atoms with Gasteiger partial charge in [0, 0.05) is 24.7 Å². The standard InChI is InChI=1S/C33H39N3O6/c1-21(31(37)35-27-12-8-9-15-34-32(27)38)16-26(18-22-13-14-23-10-6-7-11-24(23)17-22)36(2)33(39)25-19-28(40-3)30(42-5)29(20-25)41-4/h6-7,10-11,13-14,16-17,19-20,26-27H,8-9,12,15,18H2,1-5H3,(H,34,38)(H,35,37)/b21-16+/t26-,27+/m0/s1. The summed E-state index contributed by atoms with van der Waals surface area (Å²) in [6.07, 6.45) is 4.57. The molecule has 3 aromatic rings. The van der Waals surface area contributed by atoms with E-state index in [0.717, 1.165) is 29.2 Å². The first-order chi connectivity index (χ1) is 20.2. The highest BCUT2D eigenvalue weighted by molar-refractivity contribution is 5.98. The number of hydrogen-bond donors (Lipinski definition) is 2.